The molecule has 0 fully saturated rings. The van der Waals surface area contributed by atoms with Crippen LogP contribution < -0.4 is 0 Å². The van der Waals surface area contributed by atoms with Gasteiger partial charge in [-0.3, -0.25) is 9.59 Å². The molecule has 1 atom stereocenters. The van der Waals surface area contributed by atoms with Crippen LogP contribution >= 0.6 is 0 Å². The fourth-order valence-corrected chi connectivity index (χ4v) is 1.46. The van der Waals surface area contributed by atoms with Gasteiger partial charge < -0.3 is 15.3 Å². The summed E-state index contributed by atoms with van der Waals surface area (Å²) in [5.74, 6) is -5.02. The molecule has 0 heterocycles. The Kier molecular flexibility index (Phi) is 4.42. The number of carboxylic acid groups (broad SMARTS) is 3. The van der Waals surface area contributed by atoms with E-state index in [9.17, 15) is 14.4 Å². The second-order valence-electron chi connectivity index (χ2n) is 3.60. The van der Waals surface area contributed by atoms with E-state index >= 15 is 0 Å². The first-order valence-corrected chi connectivity index (χ1v) is 5.03. The lowest BCUT2D eigenvalue weighted by atomic mass is 9.93. The number of aromatic carboxylic acids is 1. The molecule has 0 spiro atoms. The lowest BCUT2D eigenvalue weighted by molar-refractivity contribution is -0.146. The summed E-state index contributed by atoms with van der Waals surface area (Å²) in [4.78, 5) is 32.3. The van der Waals surface area contributed by atoms with Crippen LogP contribution in [-0.2, 0) is 9.59 Å². The summed E-state index contributed by atoms with van der Waals surface area (Å²) in [5, 5.41) is 26.4. The van der Waals surface area contributed by atoms with Crippen LogP contribution in [0, 0.1) is 12.3 Å². The van der Waals surface area contributed by atoms with Crippen molar-refractivity contribution in [2.24, 2.45) is 5.92 Å². The second kappa shape index (κ2) is 5.81. The van der Waals surface area contributed by atoms with Crippen molar-refractivity contribution < 1.29 is 29.7 Å². The van der Waals surface area contributed by atoms with Crippen molar-refractivity contribution >= 4 is 17.9 Å². The number of aliphatic carboxylic acids is 2. The molecule has 0 bridgehead atoms. The summed E-state index contributed by atoms with van der Waals surface area (Å²) in [6.45, 7) is 0. The molecule has 6 nitrogen and oxygen atoms in total. The second-order valence-corrected chi connectivity index (χ2v) is 3.60. The Morgan fingerprint density at radius 1 is 1.11 bits per heavy atom. The SMILES string of the molecule is O=C(O)CC([CH]c1ccccc1C(=O)O)C(=O)O. The summed E-state index contributed by atoms with van der Waals surface area (Å²) in [5.41, 5.74) is 0.132. The van der Waals surface area contributed by atoms with Gasteiger partial charge in [-0.1, -0.05) is 18.2 Å². The minimum Gasteiger partial charge on any atom is -0.481 e. The highest BCUT2D eigenvalue weighted by Crippen LogP contribution is 2.19. The van der Waals surface area contributed by atoms with Crippen molar-refractivity contribution in [3.63, 3.8) is 0 Å². The molecule has 0 aromatic heterocycles. The summed E-state index contributed by atoms with van der Waals surface area (Å²) in [6, 6.07) is 5.82. The molecule has 1 rings (SSSR count). The van der Waals surface area contributed by atoms with Gasteiger partial charge in [0.25, 0.3) is 0 Å². The summed E-state index contributed by atoms with van der Waals surface area (Å²) < 4.78 is 0. The Labute approximate surface area is 102 Å². The number of rotatable bonds is 6. The third-order valence-electron chi connectivity index (χ3n) is 2.28. The molecule has 3 N–H and O–H groups in total. The molecule has 1 unspecified atom stereocenters. The van der Waals surface area contributed by atoms with Crippen molar-refractivity contribution in [3.8, 4) is 0 Å². The standard InChI is InChI=1S/C12H11O6/c13-10(14)6-8(11(15)16)5-7-3-1-2-4-9(7)12(17)18/h1-5,8H,6H2,(H,13,14)(H,15,16)(H,17,18). The molecular weight excluding hydrogens is 240 g/mol. The zero-order valence-corrected chi connectivity index (χ0v) is 9.24. The van der Waals surface area contributed by atoms with Gasteiger partial charge in [0.05, 0.1) is 17.9 Å². The van der Waals surface area contributed by atoms with Crippen LogP contribution in [0.1, 0.15) is 22.3 Å². The Morgan fingerprint density at radius 3 is 2.22 bits per heavy atom. The minimum atomic E-state index is -1.31. The molecule has 1 aromatic carbocycles. The van der Waals surface area contributed by atoms with Crippen LogP contribution in [0.15, 0.2) is 24.3 Å². The highest BCUT2D eigenvalue weighted by atomic mass is 16.4. The van der Waals surface area contributed by atoms with Crippen LogP contribution in [0.3, 0.4) is 0 Å². The lowest BCUT2D eigenvalue weighted by Gasteiger charge is -2.11. The van der Waals surface area contributed by atoms with Crippen LogP contribution in [0.5, 0.6) is 0 Å². The molecule has 0 amide bonds. The van der Waals surface area contributed by atoms with Gasteiger partial charge in [-0.2, -0.15) is 0 Å². The van der Waals surface area contributed by atoms with E-state index in [-0.39, 0.29) is 11.1 Å². The molecule has 0 aliphatic heterocycles. The van der Waals surface area contributed by atoms with Gasteiger partial charge in [-0.05, 0) is 11.6 Å². The minimum absolute atomic E-state index is 0.0610. The fraction of sp³-hybridized carbons (Fsp3) is 0.167. The first-order chi connectivity index (χ1) is 8.41. The van der Waals surface area contributed by atoms with Crippen LogP contribution in [0.2, 0.25) is 0 Å². The Bertz CT molecular complexity index is 479. The molecule has 6 heteroatoms. The number of benzene rings is 1. The van der Waals surface area contributed by atoms with E-state index in [1.165, 1.54) is 18.2 Å². The van der Waals surface area contributed by atoms with Gasteiger partial charge in [0, 0.05) is 6.42 Å². The monoisotopic (exact) mass is 251 g/mol. The lowest BCUT2D eigenvalue weighted by Crippen LogP contribution is -2.19. The third kappa shape index (κ3) is 3.58. The van der Waals surface area contributed by atoms with Crippen LogP contribution in [-0.4, -0.2) is 33.2 Å². The highest BCUT2D eigenvalue weighted by Gasteiger charge is 2.23. The predicted molar refractivity (Wildman–Crippen MR) is 60.2 cm³/mol. The average molecular weight is 251 g/mol. The maximum Gasteiger partial charge on any atom is 0.335 e. The smallest absolute Gasteiger partial charge is 0.335 e. The molecule has 0 aliphatic rings. The Hall–Kier alpha value is -2.37. The van der Waals surface area contributed by atoms with E-state index in [1.54, 1.807) is 6.07 Å². The predicted octanol–water partition coefficient (Wildman–Crippen LogP) is 1.11. The van der Waals surface area contributed by atoms with Crippen molar-refractivity contribution in [2.75, 3.05) is 0 Å². The molecule has 0 saturated carbocycles. The van der Waals surface area contributed by atoms with E-state index in [2.05, 4.69) is 0 Å². The molecular formula is C12H11O6. The van der Waals surface area contributed by atoms with Gasteiger partial charge in [0.15, 0.2) is 0 Å². The third-order valence-corrected chi connectivity index (χ3v) is 2.28. The zero-order valence-electron chi connectivity index (χ0n) is 9.24. The highest BCUT2D eigenvalue weighted by molar-refractivity contribution is 5.90. The van der Waals surface area contributed by atoms with Gasteiger partial charge in [-0.25, -0.2) is 4.79 Å². The average Bonchev–Trinajstić information content (AvgIpc) is 2.27. The molecule has 0 saturated heterocycles. The van der Waals surface area contributed by atoms with Gasteiger partial charge in [-0.15, -0.1) is 0 Å². The normalized spacial score (nSPS) is 11.8. The zero-order chi connectivity index (χ0) is 13.7. The summed E-state index contributed by atoms with van der Waals surface area (Å²) >= 11 is 0. The fourth-order valence-electron chi connectivity index (χ4n) is 1.46. The molecule has 95 valence electrons. The van der Waals surface area contributed by atoms with E-state index in [0.717, 1.165) is 6.42 Å². The van der Waals surface area contributed by atoms with Gasteiger partial charge in [0.2, 0.25) is 0 Å². The first-order valence-electron chi connectivity index (χ1n) is 5.03. The Morgan fingerprint density at radius 2 is 1.72 bits per heavy atom. The molecule has 18 heavy (non-hydrogen) atoms. The summed E-state index contributed by atoms with van der Waals surface area (Å²) in [7, 11) is 0. The van der Waals surface area contributed by atoms with Crippen molar-refractivity contribution in [1.82, 2.24) is 0 Å². The summed E-state index contributed by atoms with van der Waals surface area (Å²) in [6.07, 6.45) is 0.545. The number of carbonyl (C=O) groups is 3. The maximum absolute atomic E-state index is 10.9. The van der Waals surface area contributed by atoms with Crippen molar-refractivity contribution in [2.45, 2.75) is 6.42 Å². The van der Waals surface area contributed by atoms with Gasteiger partial charge >= 0.3 is 17.9 Å². The molecule has 1 aromatic rings. The topological polar surface area (TPSA) is 112 Å². The van der Waals surface area contributed by atoms with Crippen LogP contribution in [0.25, 0.3) is 0 Å². The molecule has 0 aliphatic carbocycles. The largest absolute Gasteiger partial charge is 0.481 e. The number of carboxylic acids is 3. The number of hydrogen-bond acceptors (Lipinski definition) is 3. The van der Waals surface area contributed by atoms with Crippen molar-refractivity contribution in [3.05, 3.63) is 41.8 Å². The Balaban J connectivity index is 2.97. The van der Waals surface area contributed by atoms with Gasteiger partial charge in [0.1, 0.15) is 0 Å². The van der Waals surface area contributed by atoms with Crippen molar-refractivity contribution in [1.29, 1.82) is 0 Å². The van der Waals surface area contributed by atoms with E-state index in [1.807, 2.05) is 0 Å². The molecule has 1 radical (unpaired) electrons. The first kappa shape index (κ1) is 13.7. The quantitative estimate of drug-likeness (QED) is 0.698. The van der Waals surface area contributed by atoms with E-state index in [0.29, 0.717) is 0 Å². The van der Waals surface area contributed by atoms with E-state index in [4.69, 9.17) is 15.3 Å². The maximum atomic E-state index is 10.9. The number of hydrogen-bond donors (Lipinski definition) is 3. The van der Waals surface area contributed by atoms with Crippen LogP contribution in [0.4, 0.5) is 0 Å². The van der Waals surface area contributed by atoms with E-state index < -0.39 is 30.2 Å².